The lowest BCUT2D eigenvalue weighted by Crippen LogP contribution is -2.25. The second-order valence-corrected chi connectivity index (χ2v) is 7.86. The van der Waals surface area contributed by atoms with Gasteiger partial charge in [-0.05, 0) is 47.1 Å². The summed E-state index contributed by atoms with van der Waals surface area (Å²) in [5.41, 5.74) is 1.53. The first-order valence-electron chi connectivity index (χ1n) is 6.18. The fraction of sp³-hybridized carbons (Fsp3) is 0.286. The Morgan fingerprint density at radius 2 is 2.25 bits per heavy atom. The summed E-state index contributed by atoms with van der Waals surface area (Å²) >= 11 is 7.02. The van der Waals surface area contributed by atoms with Crippen molar-refractivity contribution in [1.82, 2.24) is 10.3 Å². The van der Waals surface area contributed by atoms with E-state index in [0.717, 1.165) is 21.0 Å². The molecular weight excluding hydrogens is 356 g/mol. The Kier molecular flexibility index (Phi) is 6.06. The molecule has 0 unspecified atom stereocenters. The van der Waals surface area contributed by atoms with E-state index in [1.54, 1.807) is 23.6 Å². The number of nitrogens with one attached hydrogen (secondary N) is 1. The molecule has 0 fully saturated rings. The van der Waals surface area contributed by atoms with Crippen LogP contribution in [0.25, 0.3) is 0 Å². The predicted molar refractivity (Wildman–Crippen MR) is 89.5 cm³/mol. The molecule has 6 heteroatoms. The quantitative estimate of drug-likeness (QED) is 0.784. The fourth-order valence-corrected chi connectivity index (χ4v) is 4.00. The third-order valence-electron chi connectivity index (χ3n) is 2.58. The van der Waals surface area contributed by atoms with Crippen LogP contribution in [0.1, 0.15) is 20.9 Å². The highest BCUT2D eigenvalue weighted by Crippen LogP contribution is 2.25. The molecule has 0 aromatic carbocycles. The van der Waals surface area contributed by atoms with Gasteiger partial charge < -0.3 is 5.32 Å². The molecule has 0 saturated heterocycles. The van der Waals surface area contributed by atoms with Crippen LogP contribution in [0.4, 0.5) is 0 Å². The van der Waals surface area contributed by atoms with Gasteiger partial charge in [0.25, 0.3) is 5.91 Å². The number of pyridine rings is 1. The molecule has 3 nitrogen and oxygen atoms in total. The molecule has 0 bridgehead atoms. The number of aromatic nitrogens is 1. The van der Waals surface area contributed by atoms with Crippen molar-refractivity contribution in [1.29, 1.82) is 0 Å². The maximum Gasteiger partial charge on any atom is 0.252 e. The van der Waals surface area contributed by atoms with Crippen molar-refractivity contribution in [3.63, 3.8) is 0 Å². The monoisotopic (exact) mass is 370 g/mol. The predicted octanol–water partition coefficient (Wildman–Crippen LogP) is 3.88. The minimum atomic E-state index is -0.0584. The van der Waals surface area contributed by atoms with E-state index in [1.165, 1.54) is 4.88 Å². The summed E-state index contributed by atoms with van der Waals surface area (Å²) in [6.07, 6.45) is 1.61. The van der Waals surface area contributed by atoms with Crippen molar-refractivity contribution in [2.45, 2.75) is 12.7 Å². The van der Waals surface area contributed by atoms with Crippen LogP contribution >= 0.6 is 39.0 Å². The average molecular weight is 371 g/mol. The minimum Gasteiger partial charge on any atom is -0.351 e. The van der Waals surface area contributed by atoms with Gasteiger partial charge in [-0.3, -0.25) is 9.78 Å². The Labute approximate surface area is 135 Å². The lowest BCUT2D eigenvalue weighted by atomic mass is 10.2. The van der Waals surface area contributed by atoms with E-state index in [2.05, 4.69) is 38.4 Å². The zero-order valence-electron chi connectivity index (χ0n) is 11.1. The fourth-order valence-electron chi connectivity index (χ4n) is 1.54. The van der Waals surface area contributed by atoms with Gasteiger partial charge in [-0.1, -0.05) is 0 Å². The van der Waals surface area contributed by atoms with Gasteiger partial charge in [-0.15, -0.1) is 11.3 Å². The number of carbonyl (C=O) groups excluding carboxylic acids is 1. The second-order valence-electron chi connectivity index (χ2n) is 4.20. The Balaban J connectivity index is 1.65. The van der Waals surface area contributed by atoms with Gasteiger partial charge in [0.05, 0.1) is 9.35 Å². The summed E-state index contributed by atoms with van der Waals surface area (Å²) in [7, 11) is 0. The molecule has 0 radical (unpaired) electrons. The van der Waals surface area contributed by atoms with Crippen LogP contribution in [0.15, 0.2) is 34.2 Å². The summed E-state index contributed by atoms with van der Waals surface area (Å²) in [6, 6.07) is 7.83. The Morgan fingerprint density at radius 3 is 2.90 bits per heavy atom. The molecule has 2 aromatic rings. The van der Waals surface area contributed by atoms with Crippen molar-refractivity contribution >= 4 is 44.9 Å². The van der Waals surface area contributed by atoms with E-state index < -0.39 is 0 Å². The Morgan fingerprint density at radius 1 is 1.40 bits per heavy atom. The van der Waals surface area contributed by atoms with Gasteiger partial charge in [0.15, 0.2) is 0 Å². The number of aryl methyl sites for hydroxylation is 1. The van der Waals surface area contributed by atoms with E-state index in [9.17, 15) is 4.79 Å². The molecule has 0 aliphatic heterocycles. The number of amides is 1. The van der Waals surface area contributed by atoms with Crippen molar-refractivity contribution in [3.05, 3.63) is 50.4 Å². The third-order valence-corrected chi connectivity index (χ3v) is 5.39. The number of halogens is 1. The number of carbonyl (C=O) groups is 1. The smallest absolute Gasteiger partial charge is 0.252 e. The Bertz CT molecular complexity index is 569. The number of hydrogen-bond donors (Lipinski definition) is 1. The van der Waals surface area contributed by atoms with Crippen molar-refractivity contribution in [2.75, 3.05) is 12.3 Å². The summed E-state index contributed by atoms with van der Waals surface area (Å²) < 4.78 is 1.16. The van der Waals surface area contributed by atoms with E-state index in [0.29, 0.717) is 12.1 Å². The van der Waals surface area contributed by atoms with Gasteiger partial charge in [0.2, 0.25) is 0 Å². The molecule has 2 aromatic heterocycles. The van der Waals surface area contributed by atoms with Crippen LogP contribution in [0.2, 0.25) is 0 Å². The zero-order chi connectivity index (χ0) is 14.4. The number of hydrogen-bond acceptors (Lipinski definition) is 4. The molecule has 0 aliphatic carbocycles. The van der Waals surface area contributed by atoms with Crippen LogP contribution in [-0.2, 0) is 5.75 Å². The molecule has 106 valence electrons. The molecule has 2 heterocycles. The highest BCUT2D eigenvalue weighted by Gasteiger charge is 2.04. The van der Waals surface area contributed by atoms with Gasteiger partial charge in [-0.2, -0.15) is 11.8 Å². The normalized spacial score (nSPS) is 10.5. The highest BCUT2D eigenvalue weighted by molar-refractivity contribution is 9.11. The van der Waals surface area contributed by atoms with E-state index in [1.807, 2.05) is 24.8 Å². The molecule has 2 rings (SSSR count). The minimum absolute atomic E-state index is 0.0584. The maximum atomic E-state index is 11.8. The molecule has 1 amide bonds. The summed E-state index contributed by atoms with van der Waals surface area (Å²) in [5.74, 6) is 1.83. The van der Waals surface area contributed by atoms with E-state index in [-0.39, 0.29) is 5.91 Å². The average Bonchev–Trinajstić information content (AvgIpc) is 2.84. The number of thioether (sulfide) groups is 1. The highest BCUT2D eigenvalue weighted by atomic mass is 79.9. The van der Waals surface area contributed by atoms with Crippen LogP contribution in [-0.4, -0.2) is 23.2 Å². The lowest BCUT2D eigenvalue weighted by Gasteiger charge is -2.04. The van der Waals surface area contributed by atoms with Crippen molar-refractivity contribution in [3.8, 4) is 0 Å². The lowest BCUT2D eigenvalue weighted by molar-refractivity contribution is 0.0956. The van der Waals surface area contributed by atoms with Crippen LogP contribution in [0, 0.1) is 6.92 Å². The molecular formula is C14H15BrN2OS2. The van der Waals surface area contributed by atoms with Gasteiger partial charge >= 0.3 is 0 Å². The van der Waals surface area contributed by atoms with Crippen molar-refractivity contribution < 1.29 is 4.79 Å². The van der Waals surface area contributed by atoms with Crippen molar-refractivity contribution in [2.24, 2.45) is 0 Å². The maximum absolute atomic E-state index is 11.8. The van der Waals surface area contributed by atoms with E-state index in [4.69, 9.17) is 0 Å². The summed E-state index contributed by atoms with van der Waals surface area (Å²) in [4.78, 5) is 17.3. The largest absolute Gasteiger partial charge is 0.351 e. The zero-order valence-corrected chi connectivity index (χ0v) is 14.3. The van der Waals surface area contributed by atoms with Crippen LogP contribution in [0.3, 0.4) is 0 Å². The first-order valence-corrected chi connectivity index (χ1v) is 8.94. The SMILES string of the molecule is Cc1ccc(C(=O)NCCSCc2ccc(Br)s2)cn1. The molecule has 0 aliphatic rings. The van der Waals surface area contributed by atoms with E-state index >= 15 is 0 Å². The first-order chi connectivity index (χ1) is 9.65. The third kappa shape index (κ3) is 4.92. The van der Waals surface area contributed by atoms with Crippen LogP contribution < -0.4 is 5.32 Å². The molecule has 1 N–H and O–H groups in total. The summed E-state index contributed by atoms with van der Waals surface area (Å²) in [6.45, 7) is 2.57. The summed E-state index contributed by atoms with van der Waals surface area (Å²) in [5, 5.41) is 2.90. The topological polar surface area (TPSA) is 42.0 Å². The van der Waals surface area contributed by atoms with Gasteiger partial charge in [-0.25, -0.2) is 0 Å². The molecule has 20 heavy (non-hydrogen) atoms. The molecule has 0 spiro atoms. The number of nitrogens with zero attached hydrogens (tertiary/aromatic N) is 1. The first kappa shape index (κ1) is 15.5. The number of thiophene rings is 1. The van der Waals surface area contributed by atoms with Gasteiger partial charge in [0.1, 0.15) is 0 Å². The molecule has 0 atom stereocenters. The second kappa shape index (κ2) is 7.81. The Hall–Kier alpha value is -0.850. The number of rotatable bonds is 6. The molecule has 0 saturated carbocycles. The standard InChI is InChI=1S/C14H15BrN2OS2/c1-10-2-3-11(8-17-10)14(18)16-6-7-19-9-12-4-5-13(15)20-12/h2-5,8H,6-7,9H2,1H3,(H,16,18). The van der Waals surface area contributed by atoms with Crippen LogP contribution in [0.5, 0.6) is 0 Å². The van der Waals surface area contributed by atoms with Gasteiger partial charge in [0, 0.05) is 34.8 Å².